The van der Waals surface area contributed by atoms with Gasteiger partial charge < -0.3 is 9.84 Å². The predicted molar refractivity (Wildman–Crippen MR) is 94.7 cm³/mol. The van der Waals surface area contributed by atoms with Gasteiger partial charge in [0.2, 0.25) is 0 Å². The molecule has 2 aromatic carbocycles. The molecule has 26 heavy (non-hydrogen) atoms. The van der Waals surface area contributed by atoms with Crippen LogP contribution in [0.1, 0.15) is 13.8 Å². The van der Waals surface area contributed by atoms with Crippen LogP contribution in [-0.4, -0.2) is 36.5 Å². The zero-order valence-corrected chi connectivity index (χ0v) is 15.2. The molecule has 0 spiro atoms. The van der Waals surface area contributed by atoms with Gasteiger partial charge in [-0.2, -0.15) is 0 Å². The molecule has 0 fully saturated rings. The maximum Gasteiger partial charge on any atom is 0.272 e. The van der Waals surface area contributed by atoms with E-state index in [9.17, 15) is 18.3 Å². The smallest absolute Gasteiger partial charge is 0.272 e. The fourth-order valence-electron chi connectivity index (χ4n) is 2.47. The zero-order chi connectivity index (χ0) is 19.4. The second kappa shape index (κ2) is 7.86. The van der Waals surface area contributed by atoms with Crippen molar-refractivity contribution in [2.45, 2.75) is 24.8 Å². The highest BCUT2D eigenvalue weighted by Crippen LogP contribution is 2.33. The van der Waals surface area contributed by atoms with Gasteiger partial charge in [-0.1, -0.05) is 44.2 Å². The van der Waals surface area contributed by atoms with Crippen molar-refractivity contribution in [2.24, 2.45) is 5.41 Å². The Kier molecular flexibility index (Phi) is 6.01. The van der Waals surface area contributed by atoms with Crippen LogP contribution in [0.2, 0.25) is 0 Å². The quantitative estimate of drug-likeness (QED) is 0.502. The largest absolute Gasteiger partial charge is 0.456 e. The molecule has 0 aliphatic carbocycles. The molecule has 8 heteroatoms. The fraction of sp³-hybridized carbons (Fsp3) is 0.278. The number of carbonyl (C=O) groups is 1. The van der Waals surface area contributed by atoms with Crippen LogP contribution in [-0.2, 0) is 14.6 Å². The van der Waals surface area contributed by atoms with E-state index in [0.717, 1.165) is 0 Å². The molecule has 1 atom stereocenters. The summed E-state index contributed by atoms with van der Waals surface area (Å²) >= 11 is 0. The molecule has 7 nitrogen and oxygen atoms in total. The van der Waals surface area contributed by atoms with Gasteiger partial charge >= 0.3 is 0 Å². The van der Waals surface area contributed by atoms with Gasteiger partial charge in [0.15, 0.2) is 9.84 Å². The lowest BCUT2D eigenvalue weighted by Crippen LogP contribution is -2.46. The second-order valence-corrected chi connectivity index (χ2v) is 8.45. The first kappa shape index (κ1) is 19.9. The highest BCUT2D eigenvalue weighted by molar-refractivity contribution is 7.91. The molecule has 0 saturated carbocycles. The summed E-state index contributed by atoms with van der Waals surface area (Å²) in [5.74, 6) is -0.965. The lowest BCUT2D eigenvalue weighted by molar-refractivity contribution is -0.143. The number of aliphatic hydroxyl groups is 1. The number of aliphatic hydroxyl groups excluding tert-OH is 1. The third-order valence-electron chi connectivity index (χ3n) is 3.82. The van der Waals surface area contributed by atoms with Crippen molar-refractivity contribution in [3.63, 3.8) is 0 Å². The fourth-order valence-corrected chi connectivity index (χ4v) is 4.46. The summed E-state index contributed by atoms with van der Waals surface area (Å²) in [5, 5.41) is 18.7. The summed E-state index contributed by atoms with van der Waals surface area (Å²) in [6.07, 6.45) is -1.70. The number of carbonyl (C=O) groups excluding carboxylic acids is 1. The minimum absolute atomic E-state index is 0.0477. The number of hydrogen-bond acceptors (Lipinski definition) is 6. The van der Waals surface area contributed by atoms with Gasteiger partial charge in [-0.25, -0.2) is 13.9 Å². The second-order valence-electron chi connectivity index (χ2n) is 6.49. The van der Waals surface area contributed by atoms with E-state index < -0.39 is 33.0 Å². The maximum absolute atomic E-state index is 12.9. The minimum Gasteiger partial charge on any atom is -0.456 e. The standard InChI is InChI=1S/C18H21NO6S/c1-18(2,16(20)17(21)19-22)12-26(23,24)15-11-7-6-10-14(15)25-13-8-4-3-5-9-13/h3-11,16,20,22H,12H2,1-2H3,(H,19,21)/t16-/m1/s1. The van der Waals surface area contributed by atoms with Crippen molar-refractivity contribution < 1.29 is 28.3 Å². The molecule has 0 aliphatic rings. The van der Waals surface area contributed by atoms with Crippen molar-refractivity contribution in [1.82, 2.24) is 5.48 Å². The Balaban J connectivity index is 2.33. The van der Waals surface area contributed by atoms with E-state index >= 15 is 0 Å². The number of para-hydroxylation sites is 2. The molecule has 0 unspecified atom stereocenters. The van der Waals surface area contributed by atoms with Crippen LogP contribution in [0.4, 0.5) is 0 Å². The van der Waals surface area contributed by atoms with Crippen LogP contribution >= 0.6 is 0 Å². The summed E-state index contributed by atoms with van der Waals surface area (Å²) in [4.78, 5) is 11.4. The number of nitrogens with one attached hydrogen (secondary N) is 1. The van der Waals surface area contributed by atoms with Gasteiger partial charge in [0, 0.05) is 5.41 Å². The number of amides is 1. The first-order chi connectivity index (χ1) is 12.2. The topological polar surface area (TPSA) is 113 Å². The Labute approximate surface area is 152 Å². The third-order valence-corrected chi connectivity index (χ3v) is 5.95. The number of ether oxygens (including phenoxy) is 1. The van der Waals surface area contributed by atoms with Gasteiger partial charge in [-0.15, -0.1) is 0 Å². The lowest BCUT2D eigenvalue weighted by Gasteiger charge is -2.28. The molecule has 2 aromatic rings. The average molecular weight is 379 g/mol. The van der Waals surface area contributed by atoms with E-state index in [0.29, 0.717) is 5.75 Å². The molecule has 0 bridgehead atoms. The highest BCUT2D eigenvalue weighted by Gasteiger charge is 2.39. The Morgan fingerprint density at radius 3 is 2.31 bits per heavy atom. The normalized spacial score (nSPS) is 13.1. The first-order valence-corrected chi connectivity index (χ1v) is 9.49. The Hall–Kier alpha value is -2.42. The third kappa shape index (κ3) is 4.60. The van der Waals surface area contributed by atoms with Crippen LogP contribution in [0, 0.1) is 5.41 Å². The van der Waals surface area contributed by atoms with Gasteiger partial charge in [0.25, 0.3) is 5.91 Å². The molecule has 140 valence electrons. The van der Waals surface area contributed by atoms with Gasteiger partial charge in [0.1, 0.15) is 22.5 Å². The van der Waals surface area contributed by atoms with Crippen molar-refractivity contribution >= 4 is 15.7 Å². The summed E-state index contributed by atoms with van der Waals surface area (Å²) in [6, 6.07) is 14.9. The number of hydroxylamine groups is 1. The molecule has 0 aliphatic heterocycles. The van der Waals surface area contributed by atoms with E-state index in [-0.39, 0.29) is 10.6 Å². The van der Waals surface area contributed by atoms with Crippen LogP contribution < -0.4 is 10.2 Å². The average Bonchev–Trinajstić information content (AvgIpc) is 2.60. The van der Waals surface area contributed by atoms with Gasteiger partial charge in [-0.05, 0) is 24.3 Å². The Morgan fingerprint density at radius 1 is 1.12 bits per heavy atom. The summed E-state index contributed by atoms with van der Waals surface area (Å²) < 4.78 is 31.5. The van der Waals surface area contributed by atoms with E-state index in [1.165, 1.54) is 31.5 Å². The van der Waals surface area contributed by atoms with Crippen molar-refractivity contribution in [2.75, 3.05) is 5.75 Å². The Bertz CT molecular complexity index is 864. The minimum atomic E-state index is -3.90. The zero-order valence-electron chi connectivity index (χ0n) is 14.4. The molecule has 2 rings (SSSR count). The van der Waals surface area contributed by atoms with Crippen LogP contribution in [0.25, 0.3) is 0 Å². The molecule has 0 aromatic heterocycles. The number of benzene rings is 2. The molecule has 0 radical (unpaired) electrons. The van der Waals surface area contributed by atoms with Crippen LogP contribution in [0.15, 0.2) is 59.5 Å². The van der Waals surface area contributed by atoms with Gasteiger partial charge in [0.05, 0.1) is 5.75 Å². The monoisotopic (exact) mass is 379 g/mol. The van der Waals surface area contributed by atoms with E-state index in [1.807, 2.05) is 6.07 Å². The maximum atomic E-state index is 12.9. The molecular weight excluding hydrogens is 358 g/mol. The molecule has 3 N–H and O–H groups in total. The van der Waals surface area contributed by atoms with E-state index in [2.05, 4.69) is 0 Å². The van der Waals surface area contributed by atoms with E-state index in [1.54, 1.807) is 36.4 Å². The van der Waals surface area contributed by atoms with Crippen LogP contribution in [0.3, 0.4) is 0 Å². The molecule has 0 heterocycles. The van der Waals surface area contributed by atoms with Crippen molar-refractivity contribution in [3.05, 3.63) is 54.6 Å². The van der Waals surface area contributed by atoms with E-state index in [4.69, 9.17) is 9.94 Å². The SMILES string of the molecule is CC(C)(CS(=O)(=O)c1ccccc1Oc1ccccc1)[C@H](O)C(=O)NO. The molecule has 1 amide bonds. The summed E-state index contributed by atoms with van der Waals surface area (Å²) in [6.45, 7) is 2.84. The predicted octanol–water partition coefficient (Wildman–Crippen LogP) is 2.15. The van der Waals surface area contributed by atoms with Crippen LogP contribution in [0.5, 0.6) is 11.5 Å². The van der Waals surface area contributed by atoms with Crippen molar-refractivity contribution in [1.29, 1.82) is 0 Å². The first-order valence-electron chi connectivity index (χ1n) is 7.84. The number of sulfone groups is 1. The highest BCUT2D eigenvalue weighted by atomic mass is 32.2. The number of rotatable bonds is 7. The molecule has 0 saturated heterocycles. The van der Waals surface area contributed by atoms with Crippen molar-refractivity contribution in [3.8, 4) is 11.5 Å². The number of hydrogen-bond donors (Lipinski definition) is 3. The summed E-state index contributed by atoms with van der Waals surface area (Å²) in [7, 11) is -3.90. The van der Waals surface area contributed by atoms with Gasteiger partial charge in [-0.3, -0.25) is 10.0 Å². The summed E-state index contributed by atoms with van der Waals surface area (Å²) in [5.41, 5.74) is -0.00977. The molecular formula is C18H21NO6S. The Morgan fingerprint density at radius 2 is 1.69 bits per heavy atom. The lowest BCUT2D eigenvalue weighted by atomic mass is 9.88.